The van der Waals surface area contributed by atoms with E-state index in [0.717, 1.165) is 25.0 Å². The van der Waals surface area contributed by atoms with Gasteiger partial charge >= 0.3 is 0 Å². The Morgan fingerprint density at radius 2 is 1.87 bits per heavy atom. The lowest BCUT2D eigenvalue weighted by Gasteiger charge is -2.17. The molecule has 0 aromatic heterocycles. The maximum absolute atomic E-state index is 13.2. The van der Waals surface area contributed by atoms with Crippen LogP contribution in [0.5, 0.6) is 5.75 Å². The molecule has 160 valence electrons. The summed E-state index contributed by atoms with van der Waals surface area (Å²) in [6.07, 6.45) is 1.55. The van der Waals surface area contributed by atoms with Gasteiger partial charge in [0, 0.05) is 18.8 Å². The number of hydrogen-bond donors (Lipinski definition) is 2. The van der Waals surface area contributed by atoms with Crippen molar-refractivity contribution in [1.29, 1.82) is 0 Å². The van der Waals surface area contributed by atoms with Gasteiger partial charge in [0.1, 0.15) is 11.6 Å². The summed E-state index contributed by atoms with van der Waals surface area (Å²) in [6.45, 7) is 0.341. The van der Waals surface area contributed by atoms with Crippen molar-refractivity contribution in [1.82, 2.24) is 4.31 Å². The first-order chi connectivity index (χ1) is 14.2. The number of nitrogens with two attached hydrogens (primary N) is 1. The van der Waals surface area contributed by atoms with Crippen molar-refractivity contribution < 1.29 is 27.1 Å². The largest absolute Gasteiger partial charge is 0.483 e. The lowest BCUT2D eigenvalue weighted by molar-refractivity contribution is -0.118. The molecule has 0 aliphatic carbocycles. The Hall–Kier alpha value is -2.69. The van der Waals surface area contributed by atoms with Gasteiger partial charge in [-0.1, -0.05) is 11.6 Å². The molecule has 2 aromatic rings. The second-order valence-corrected chi connectivity index (χ2v) is 8.94. The molecule has 0 bridgehead atoms. The average molecular weight is 456 g/mol. The molecule has 1 aliphatic rings. The molecule has 1 fully saturated rings. The highest BCUT2D eigenvalue weighted by atomic mass is 35.5. The molecule has 11 heteroatoms. The number of hydrogen-bond acceptors (Lipinski definition) is 5. The van der Waals surface area contributed by atoms with Gasteiger partial charge < -0.3 is 15.8 Å². The van der Waals surface area contributed by atoms with Crippen molar-refractivity contribution in [2.24, 2.45) is 5.73 Å². The van der Waals surface area contributed by atoms with E-state index in [0.29, 0.717) is 13.1 Å². The fraction of sp³-hybridized carbons (Fsp3) is 0.263. The van der Waals surface area contributed by atoms with Crippen molar-refractivity contribution in [2.75, 3.05) is 25.0 Å². The van der Waals surface area contributed by atoms with Gasteiger partial charge in [-0.05, 0) is 49.2 Å². The zero-order chi connectivity index (χ0) is 21.9. The molecular weight excluding hydrogens is 437 g/mol. The summed E-state index contributed by atoms with van der Waals surface area (Å²) in [6, 6.07) is 7.39. The van der Waals surface area contributed by atoms with Crippen LogP contribution < -0.4 is 15.8 Å². The molecule has 0 spiro atoms. The summed E-state index contributed by atoms with van der Waals surface area (Å²) in [5.74, 6) is -2.15. The summed E-state index contributed by atoms with van der Waals surface area (Å²) >= 11 is 5.66. The number of carbonyl (C=O) groups is 2. The van der Waals surface area contributed by atoms with Gasteiger partial charge in [0.2, 0.25) is 10.0 Å². The zero-order valence-electron chi connectivity index (χ0n) is 15.7. The Kier molecular flexibility index (Phi) is 6.59. The predicted octanol–water partition coefficient (Wildman–Crippen LogP) is 2.38. The maximum atomic E-state index is 13.2. The predicted molar refractivity (Wildman–Crippen MR) is 108 cm³/mol. The molecule has 2 aromatic carbocycles. The minimum Gasteiger partial charge on any atom is -0.483 e. The first-order valence-electron chi connectivity index (χ1n) is 9.00. The molecule has 30 heavy (non-hydrogen) atoms. The molecule has 0 radical (unpaired) electrons. The summed E-state index contributed by atoms with van der Waals surface area (Å²) in [7, 11) is -3.74. The van der Waals surface area contributed by atoms with Gasteiger partial charge in [-0.15, -0.1) is 0 Å². The number of nitrogens with one attached hydrogen (secondary N) is 1. The third-order valence-electron chi connectivity index (χ3n) is 4.48. The zero-order valence-corrected chi connectivity index (χ0v) is 17.3. The second-order valence-electron chi connectivity index (χ2n) is 6.60. The Morgan fingerprint density at radius 1 is 1.17 bits per heavy atom. The van der Waals surface area contributed by atoms with Gasteiger partial charge in [-0.3, -0.25) is 9.59 Å². The number of anilines is 1. The minimum absolute atomic E-state index is 0.0323. The van der Waals surface area contributed by atoms with E-state index < -0.39 is 34.3 Å². The van der Waals surface area contributed by atoms with Gasteiger partial charge in [0.05, 0.1) is 15.5 Å². The molecule has 1 saturated heterocycles. The van der Waals surface area contributed by atoms with Crippen LogP contribution in [0.3, 0.4) is 0 Å². The number of primary amides is 1. The fourth-order valence-electron chi connectivity index (χ4n) is 2.98. The van der Waals surface area contributed by atoms with Gasteiger partial charge in [-0.25, -0.2) is 12.8 Å². The molecule has 2 amide bonds. The topological polar surface area (TPSA) is 119 Å². The monoisotopic (exact) mass is 455 g/mol. The first-order valence-corrected chi connectivity index (χ1v) is 10.8. The minimum atomic E-state index is -3.74. The summed E-state index contributed by atoms with van der Waals surface area (Å²) in [5.41, 5.74) is 5.46. The number of amides is 2. The molecule has 0 atom stereocenters. The van der Waals surface area contributed by atoms with E-state index in [1.54, 1.807) is 0 Å². The number of ether oxygens (including phenoxy) is 1. The van der Waals surface area contributed by atoms with Crippen LogP contribution in [0.4, 0.5) is 10.1 Å². The third kappa shape index (κ3) is 4.89. The van der Waals surface area contributed by atoms with Crippen molar-refractivity contribution >= 4 is 39.1 Å². The van der Waals surface area contributed by atoms with Crippen LogP contribution in [0.1, 0.15) is 23.2 Å². The lowest BCUT2D eigenvalue weighted by atomic mass is 10.2. The highest BCUT2D eigenvalue weighted by Gasteiger charge is 2.28. The number of rotatable bonds is 7. The fourth-order valence-corrected chi connectivity index (χ4v) is 4.70. The molecule has 1 aliphatic heterocycles. The van der Waals surface area contributed by atoms with Crippen LogP contribution >= 0.6 is 11.6 Å². The molecule has 3 N–H and O–H groups in total. The van der Waals surface area contributed by atoms with E-state index >= 15 is 0 Å². The van der Waals surface area contributed by atoms with Crippen LogP contribution in [-0.4, -0.2) is 44.2 Å². The molecule has 0 unspecified atom stereocenters. The first kappa shape index (κ1) is 22.0. The Bertz CT molecular complexity index is 1090. The summed E-state index contributed by atoms with van der Waals surface area (Å²) in [4.78, 5) is 23.8. The summed E-state index contributed by atoms with van der Waals surface area (Å²) < 4.78 is 45.2. The molecule has 8 nitrogen and oxygen atoms in total. The maximum Gasteiger partial charge on any atom is 0.262 e. The van der Waals surface area contributed by atoms with Crippen LogP contribution in [-0.2, 0) is 14.8 Å². The van der Waals surface area contributed by atoms with E-state index in [1.807, 2.05) is 0 Å². The molecular formula is C19H19ClFN3O5S. The van der Waals surface area contributed by atoms with Crippen LogP contribution in [0, 0.1) is 5.82 Å². The number of carbonyl (C=O) groups excluding carboxylic acids is 2. The quantitative estimate of drug-likeness (QED) is 0.664. The molecule has 0 saturated carbocycles. The van der Waals surface area contributed by atoms with E-state index in [-0.39, 0.29) is 26.9 Å². The van der Waals surface area contributed by atoms with E-state index in [2.05, 4.69) is 5.32 Å². The average Bonchev–Trinajstić information content (AvgIpc) is 3.25. The Balaban J connectivity index is 1.73. The number of halogens is 2. The number of benzene rings is 2. The highest BCUT2D eigenvalue weighted by Crippen LogP contribution is 2.26. The Labute approximate surface area is 177 Å². The summed E-state index contributed by atoms with van der Waals surface area (Å²) in [5, 5.41) is 2.31. The smallest absolute Gasteiger partial charge is 0.262 e. The number of sulfonamides is 1. The normalized spacial score (nSPS) is 14.5. The van der Waals surface area contributed by atoms with Gasteiger partial charge in [-0.2, -0.15) is 4.31 Å². The molecule has 3 rings (SSSR count). The van der Waals surface area contributed by atoms with Crippen LogP contribution in [0.2, 0.25) is 5.02 Å². The van der Waals surface area contributed by atoms with Gasteiger partial charge in [0.25, 0.3) is 11.8 Å². The van der Waals surface area contributed by atoms with Crippen molar-refractivity contribution in [3.8, 4) is 5.75 Å². The van der Waals surface area contributed by atoms with E-state index in [1.165, 1.54) is 28.6 Å². The van der Waals surface area contributed by atoms with Crippen molar-refractivity contribution in [3.63, 3.8) is 0 Å². The van der Waals surface area contributed by atoms with Gasteiger partial charge in [0.15, 0.2) is 6.61 Å². The standard InChI is InChI=1S/C19H19ClFN3O5S/c20-15-9-12(3-5-16(15)21)23-18(25)11-29-17-6-4-13(10-14(17)19(22)26)30(27,28)24-7-1-2-8-24/h3-6,9-10H,1-2,7-8,11H2,(H2,22,26)(H,23,25). The van der Waals surface area contributed by atoms with Crippen molar-refractivity contribution in [2.45, 2.75) is 17.7 Å². The van der Waals surface area contributed by atoms with Crippen molar-refractivity contribution in [3.05, 3.63) is 52.8 Å². The highest BCUT2D eigenvalue weighted by molar-refractivity contribution is 7.89. The lowest BCUT2D eigenvalue weighted by Crippen LogP contribution is -2.28. The number of nitrogens with zero attached hydrogens (tertiary/aromatic N) is 1. The SMILES string of the molecule is NC(=O)c1cc(S(=O)(=O)N2CCCC2)ccc1OCC(=O)Nc1ccc(F)c(Cl)c1. The third-order valence-corrected chi connectivity index (χ3v) is 6.67. The molecule has 1 heterocycles. The van der Waals surface area contributed by atoms with Crippen LogP contribution in [0.15, 0.2) is 41.3 Å². The van der Waals surface area contributed by atoms with E-state index in [9.17, 15) is 22.4 Å². The van der Waals surface area contributed by atoms with Crippen LogP contribution in [0.25, 0.3) is 0 Å². The second kappa shape index (κ2) is 8.99. The Morgan fingerprint density at radius 3 is 2.50 bits per heavy atom. The van der Waals surface area contributed by atoms with E-state index in [4.69, 9.17) is 22.1 Å².